The smallest absolute Gasteiger partial charge is 0.317 e. The number of carbonyl (C=O) groups is 2. The van der Waals surface area contributed by atoms with Gasteiger partial charge in [0, 0.05) is 41.9 Å². The minimum absolute atomic E-state index is 0.0626. The van der Waals surface area contributed by atoms with Crippen LogP contribution in [0.5, 0.6) is 0 Å². The van der Waals surface area contributed by atoms with E-state index in [1.54, 1.807) is 11.2 Å². The van der Waals surface area contributed by atoms with Gasteiger partial charge in [-0.05, 0) is 26.2 Å². The Morgan fingerprint density at radius 2 is 2.14 bits per heavy atom. The van der Waals surface area contributed by atoms with Crippen molar-refractivity contribution >= 4 is 22.8 Å². The van der Waals surface area contributed by atoms with Gasteiger partial charge in [0.05, 0.1) is 5.41 Å². The minimum atomic E-state index is -0.867. The van der Waals surface area contributed by atoms with Crippen molar-refractivity contribution in [2.45, 2.75) is 45.6 Å². The molecule has 122 valence electrons. The van der Waals surface area contributed by atoms with Gasteiger partial charge in [-0.3, -0.25) is 9.00 Å². The first-order valence-corrected chi connectivity index (χ1v) is 9.12. The highest BCUT2D eigenvalue weighted by Gasteiger charge is 2.45. The molecular formula is C14H26N2O4S. The SMILES string of the molecule is CCCC1(C(=O)O)CCN(C(=O)NC(C)CCS(C)=O)C1. The molecule has 1 heterocycles. The van der Waals surface area contributed by atoms with E-state index in [1.165, 1.54) is 0 Å². The van der Waals surface area contributed by atoms with Crippen LogP contribution in [0.15, 0.2) is 0 Å². The first-order valence-electron chi connectivity index (χ1n) is 7.39. The summed E-state index contributed by atoms with van der Waals surface area (Å²) in [7, 11) is -0.867. The monoisotopic (exact) mass is 318 g/mol. The summed E-state index contributed by atoms with van der Waals surface area (Å²) in [5.74, 6) is -0.259. The molecule has 0 radical (unpaired) electrons. The maximum absolute atomic E-state index is 12.2. The fourth-order valence-electron chi connectivity index (χ4n) is 2.73. The lowest BCUT2D eigenvalue weighted by atomic mass is 9.83. The lowest BCUT2D eigenvalue weighted by Gasteiger charge is -2.25. The van der Waals surface area contributed by atoms with Crippen LogP contribution in [-0.2, 0) is 15.6 Å². The van der Waals surface area contributed by atoms with E-state index in [-0.39, 0.29) is 18.6 Å². The minimum Gasteiger partial charge on any atom is -0.481 e. The number of carboxylic acids is 1. The van der Waals surface area contributed by atoms with Crippen LogP contribution >= 0.6 is 0 Å². The average molecular weight is 318 g/mol. The molecule has 0 aliphatic carbocycles. The predicted molar refractivity (Wildman–Crippen MR) is 82.7 cm³/mol. The topological polar surface area (TPSA) is 86.7 Å². The van der Waals surface area contributed by atoms with Gasteiger partial charge in [0.15, 0.2) is 0 Å². The molecule has 0 aromatic rings. The third kappa shape index (κ3) is 4.98. The van der Waals surface area contributed by atoms with E-state index in [9.17, 15) is 18.9 Å². The van der Waals surface area contributed by atoms with Crippen LogP contribution in [0, 0.1) is 5.41 Å². The number of urea groups is 1. The summed E-state index contributed by atoms with van der Waals surface area (Å²) in [6, 6.07) is -0.281. The summed E-state index contributed by atoms with van der Waals surface area (Å²) in [4.78, 5) is 25.2. The normalized spacial score (nSPS) is 24.6. The van der Waals surface area contributed by atoms with Crippen LogP contribution in [0.4, 0.5) is 4.79 Å². The van der Waals surface area contributed by atoms with Gasteiger partial charge >= 0.3 is 12.0 Å². The van der Waals surface area contributed by atoms with Crippen LogP contribution in [0.25, 0.3) is 0 Å². The number of aliphatic carboxylic acids is 1. The molecule has 2 N–H and O–H groups in total. The standard InChI is InChI=1S/C14H26N2O4S/c1-4-6-14(12(17)18)7-8-16(10-14)13(19)15-11(2)5-9-21(3)20/h11H,4-10H2,1-3H3,(H,15,19)(H,17,18). The number of nitrogens with zero attached hydrogens (tertiary/aromatic N) is 1. The van der Waals surface area contributed by atoms with Gasteiger partial charge in [-0.15, -0.1) is 0 Å². The number of carbonyl (C=O) groups excluding carboxylic acids is 1. The van der Waals surface area contributed by atoms with E-state index in [1.807, 2.05) is 13.8 Å². The van der Waals surface area contributed by atoms with Crippen LogP contribution in [-0.4, -0.2) is 57.4 Å². The van der Waals surface area contributed by atoms with Crippen molar-refractivity contribution < 1.29 is 18.9 Å². The van der Waals surface area contributed by atoms with E-state index in [4.69, 9.17) is 0 Å². The van der Waals surface area contributed by atoms with Crippen molar-refractivity contribution in [1.82, 2.24) is 10.2 Å². The number of amides is 2. The van der Waals surface area contributed by atoms with Crippen molar-refractivity contribution in [3.05, 3.63) is 0 Å². The van der Waals surface area contributed by atoms with E-state index in [2.05, 4.69) is 5.32 Å². The fourth-order valence-corrected chi connectivity index (χ4v) is 3.41. The Balaban J connectivity index is 2.53. The number of likely N-dealkylation sites (tertiary alicyclic amines) is 1. The summed E-state index contributed by atoms with van der Waals surface area (Å²) in [6.45, 7) is 4.58. The van der Waals surface area contributed by atoms with Crippen LogP contribution < -0.4 is 5.32 Å². The molecule has 6 nitrogen and oxygen atoms in total. The van der Waals surface area contributed by atoms with Gasteiger partial charge in [-0.1, -0.05) is 13.3 Å². The highest BCUT2D eigenvalue weighted by atomic mass is 32.2. The third-order valence-corrected chi connectivity index (χ3v) is 4.84. The van der Waals surface area contributed by atoms with Gasteiger partial charge in [0.25, 0.3) is 0 Å². The molecule has 7 heteroatoms. The first kappa shape index (κ1) is 17.9. The zero-order valence-electron chi connectivity index (χ0n) is 13.1. The quantitative estimate of drug-likeness (QED) is 0.743. The summed E-state index contributed by atoms with van der Waals surface area (Å²) in [6.07, 6.45) is 4.19. The Bertz CT molecular complexity index is 416. The van der Waals surface area contributed by atoms with Crippen molar-refractivity contribution in [3.63, 3.8) is 0 Å². The lowest BCUT2D eigenvalue weighted by molar-refractivity contribution is -0.148. The number of nitrogens with one attached hydrogen (secondary N) is 1. The fraction of sp³-hybridized carbons (Fsp3) is 0.857. The predicted octanol–water partition coefficient (Wildman–Crippen LogP) is 1.43. The molecule has 21 heavy (non-hydrogen) atoms. The molecule has 1 rings (SSSR count). The van der Waals surface area contributed by atoms with E-state index in [0.717, 1.165) is 6.42 Å². The van der Waals surface area contributed by atoms with Crippen molar-refractivity contribution in [1.29, 1.82) is 0 Å². The van der Waals surface area contributed by atoms with E-state index >= 15 is 0 Å². The zero-order chi connectivity index (χ0) is 16.0. The Kier molecular flexibility index (Phi) is 6.64. The van der Waals surface area contributed by atoms with Gasteiger partial charge in [0.2, 0.25) is 0 Å². The summed E-state index contributed by atoms with van der Waals surface area (Å²) in [5, 5.41) is 12.3. The highest BCUT2D eigenvalue weighted by molar-refractivity contribution is 7.84. The Labute approximate surface area is 128 Å². The molecular weight excluding hydrogens is 292 g/mol. The molecule has 3 unspecified atom stereocenters. The lowest BCUT2D eigenvalue weighted by Crippen LogP contribution is -2.45. The second-order valence-corrected chi connectivity index (χ2v) is 7.48. The highest BCUT2D eigenvalue weighted by Crippen LogP contribution is 2.35. The molecule has 1 aliphatic heterocycles. The summed E-state index contributed by atoms with van der Waals surface area (Å²) < 4.78 is 11.0. The molecule has 0 saturated carbocycles. The van der Waals surface area contributed by atoms with Crippen molar-refractivity contribution in [2.24, 2.45) is 5.41 Å². The van der Waals surface area contributed by atoms with Crippen LogP contribution in [0.3, 0.4) is 0 Å². The molecule has 0 aromatic carbocycles. The molecule has 0 aromatic heterocycles. The molecule has 1 saturated heterocycles. The summed E-state index contributed by atoms with van der Waals surface area (Å²) in [5.41, 5.74) is -0.791. The number of rotatable bonds is 7. The van der Waals surface area contributed by atoms with Gasteiger partial charge in [0.1, 0.15) is 0 Å². The maximum atomic E-state index is 12.2. The van der Waals surface area contributed by atoms with Crippen molar-refractivity contribution in [3.8, 4) is 0 Å². The van der Waals surface area contributed by atoms with Crippen LogP contribution in [0.1, 0.15) is 39.5 Å². The molecule has 1 aliphatic rings. The number of hydrogen-bond acceptors (Lipinski definition) is 3. The van der Waals surface area contributed by atoms with Gasteiger partial charge < -0.3 is 15.3 Å². The number of hydrogen-bond donors (Lipinski definition) is 2. The van der Waals surface area contributed by atoms with E-state index < -0.39 is 22.2 Å². The summed E-state index contributed by atoms with van der Waals surface area (Å²) >= 11 is 0. The molecule has 3 atom stereocenters. The van der Waals surface area contributed by atoms with E-state index in [0.29, 0.717) is 31.6 Å². The van der Waals surface area contributed by atoms with Gasteiger partial charge in [-0.25, -0.2) is 4.79 Å². The molecule has 2 amide bonds. The maximum Gasteiger partial charge on any atom is 0.317 e. The third-order valence-electron chi connectivity index (χ3n) is 4.03. The molecule has 0 spiro atoms. The Morgan fingerprint density at radius 1 is 1.48 bits per heavy atom. The van der Waals surface area contributed by atoms with Crippen LogP contribution in [0.2, 0.25) is 0 Å². The molecule has 1 fully saturated rings. The molecule has 0 bridgehead atoms. The first-order chi connectivity index (χ1) is 9.80. The Morgan fingerprint density at radius 3 is 2.67 bits per heavy atom. The second kappa shape index (κ2) is 7.77. The zero-order valence-corrected chi connectivity index (χ0v) is 13.9. The average Bonchev–Trinajstić information content (AvgIpc) is 2.82. The Hall–Kier alpha value is -1.11. The van der Waals surface area contributed by atoms with Crippen molar-refractivity contribution in [2.75, 3.05) is 25.1 Å². The number of carboxylic acid groups (broad SMARTS) is 1. The second-order valence-electron chi connectivity index (χ2n) is 5.92. The largest absolute Gasteiger partial charge is 0.481 e. The van der Waals surface area contributed by atoms with Gasteiger partial charge in [-0.2, -0.15) is 0 Å².